The van der Waals surface area contributed by atoms with E-state index >= 15 is 0 Å². The van der Waals surface area contributed by atoms with E-state index in [0.717, 1.165) is 24.9 Å². The second kappa shape index (κ2) is 8.16. The van der Waals surface area contributed by atoms with E-state index in [-0.39, 0.29) is 17.8 Å². The van der Waals surface area contributed by atoms with Crippen molar-refractivity contribution in [2.24, 2.45) is 5.92 Å². The van der Waals surface area contributed by atoms with Gasteiger partial charge in [-0.1, -0.05) is 11.6 Å². The lowest BCUT2D eigenvalue weighted by Gasteiger charge is -2.36. The van der Waals surface area contributed by atoms with Crippen molar-refractivity contribution in [3.05, 3.63) is 71.9 Å². The van der Waals surface area contributed by atoms with Gasteiger partial charge in [0.1, 0.15) is 5.82 Å². The Labute approximate surface area is 196 Å². The second-order valence-corrected chi connectivity index (χ2v) is 9.17. The standard InChI is InChI=1S/C25H24FN7O/c1-16-2-7-23(33-28-8-9-29-33)21(10-16)24(34)32-14-17-3-5-20(32)15-31(13-17)25-27-12-18-11-19(26)4-6-22(18)30-25/h2,4,6-12,17,20H,3,5,13-15H2,1H3/t17-,20+/m1/s1. The SMILES string of the molecule is Cc1ccc(-n2nccn2)c(C(=O)N2C[C@@H]3CC[C@H]2CN(c2ncc4cc(F)ccc4n2)C3)c1. The number of carbonyl (C=O) groups is 1. The van der Waals surface area contributed by atoms with E-state index in [4.69, 9.17) is 4.98 Å². The van der Waals surface area contributed by atoms with Crippen molar-refractivity contribution >= 4 is 22.8 Å². The van der Waals surface area contributed by atoms with Crippen LogP contribution in [-0.2, 0) is 0 Å². The van der Waals surface area contributed by atoms with Crippen molar-refractivity contribution in [1.29, 1.82) is 0 Å². The number of hydrogen-bond acceptors (Lipinski definition) is 6. The van der Waals surface area contributed by atoms with Gasteiger partial charge in [0.15, 0.2) is 0 Å². The van der Waals surface area contributed by atoms with Crippen LogP contribution < -0.4 is 4.90 Å². The summed E-state index contributed by atoms with van der Waals surface area (Å²) in [5.41, 5.74) is 3.02. The molecule has 0 N–H and O–H groups in total. The smallest absolute Gasteiger partial charge is 0.256 e. The van der Waals surface area contributed by atoms with Gasteiger partial charge in [0.2, 0.25) is 5.95 Å². The summed E-state index contributed by atoms with van der Waals surface area (Å²) in [4.78, 5) is 28.7. The third kappa shape index (κ3) is 3.67. The van der Waals surface area contributed by atoms with E-state index in [1.54, 1.807) is 24.7 Å². The van der Waals surface area contributed by atoms with Crippen molar-refractivity contribution in [3.8, 4) is 5.69 Å². The minimum Gasteiger partial charge on any atom is -0.338 e. The van der Waals surface area contributed by atoms with Crippen LogP contribution in [0.2, 0.25) is 0 Å². The van der Waals surface area contributed by atoms with Gasteiger partial charge in [-0.25, -0.2) is 14.4 Å². The number of anilines is 1. The maximum Gasteiger partial charge on any atom is 0.256 e. The second-order valence-electron chi connectivity index (χ2n) is 9.17. The number of halogens is 1. The van der Waals surface area contributed by atoms with Crippen molar-refractivity contribution in [1.82, 2.24) is 29.9 Å². The minimum atomic E-state index is -0.299. The number of fused-ring (bicyclic) bond motifs is 5. The molecule has 2 aromatic heterocycles. The monoisotopic (exact) mass is 457 g/mol. The van der Waals surface area contributed by atoms with Crippen molar-refractivity contribution < 1.29 is 9.18 Å². The van der Waals surface area contributed by atoms with Gasteiger partial charge in [0.25, 0.3) is 5.91 Å². The number of carbonyl (C=O) groups excluding carboxylic acids is 1. The molecule has 0 aliphatic carbocycles. The Balaban J connectivity index is 1.31. The van der Waals surface area contributed by atoms with E-state index in [2.05, 4.69) is 20.1 Å². The molecule has 2 aromatic carbocycles. The first-order valence-electron chi connectivity index (χ1n) is 11.5. The van der Waals surface area contributed by atoms with Gasteiger partial charge in [-0.05, 0) is 56.0 Å². The van der Waals surface area contributed by atoms with Crippen LogP contribution in [0, 0.1) is 18.7 Å². The summed E-state index contributed by atoms with van der Waals surface area (Å²) in [6, 6.07) is 10.4. The van der Waals surface area contributed by atoms with Crippen LogP contribution in [0.25, 0.3) is 16.6 Å². The molecule has 0 radical (unpaired) electrons. The maximum atomic E-state index is 13.8. The Hall–Kier alpha value is -3.88. The fourth-order valence-corrected chi connectivity index (χ4v) is 5.13. The topological polar surface area (TPSA) is 80.0 Å². The van der Waals surface area contributed by atoms with Crippen LogP contribution in [0.5, 0.6) is 0 Å². The van der Waals surface area contributed by atoms with Gasteiger partial charge >= 0.3 is 0 Å². The molecule has 0 spiro atoms. The molecule has 7 rings (SSSR count). The van der Waals surface area contributed by atoms with Gasteiger partial charge < -0.3 is 9.80 Å². The average molecular weight is 458 g/mol. The van der Waals surface area contributed by atoms with Gasteiger partial charge in [-0.15, -0.1) is 0 Å². The molecule has 0 saturated carbocycles. The highest BCUT2D eigenvalue weighted by atomic mass is 19.1. The zero-order valence-corrected chi connectivity index (χ0v) is 18.8. The Morgan fingerprint density at radius 2 is 1.88 bits per heavy atom. The summed E-state index contributed by atoms with van der Waals surface area (Å²) >= 11 is 0. The summed E-state index contributed by atoms with van der Waals surface area (Å²) in [5, 5.41) is 9.16. The molecule has 2 bridgehead atoms. The largest absolute Gasteiger partial charge is 0.338 e. The van der Waals surface area contributed by atoms with Crippen molar-refractivity contribution in [2.45, 2.75) is 25.8 Å². The molecule has 3 fully saturated rings. The van der Waals surface area contributed by atoms with Gasteiger partial charge in [-0.2, -0.15) is 15.0 Å². The lowest BCUT2D eigenvalue weighted by Crippen LogP contribution is -2.47. The molecule has 5 heterocycles. The third-order valence-corrected chi connectivity index (χ3v) is 6.80. The van der Waals surface area contributed by atoms with Crippen molar-refractivity contribution in [2.75, 3.05) is 24.5 Å². The predicted molar refractivity (Wildman–Crippen MR) is 125 cm³/mol. The van der Waals surface area contributed by atoms with E-state index in [1.807, 2.05) is 30.0 Å². The van der Waals surface area contributed by atoms with Gasteiger partial charge in [0, 0.05) is 37.3 Å². The van der Waals surface area contributed by atoms with E-state index in [1.165, 1.54) is 16.9 Å². The Bertz CT molecular complexity index is 1370. The van der Waals surface area contributed by atoms with Crippen LogP contribution in [0.3, 0.4) is 0 Å². The molecular weight excluding hydrogens is 433 g/mol. The molecular formula is C25H24FN7O. The Morgan fingerprint density at radius 3 is 2.74 bits per heavy atom. The summed E-state index contributed by atoms with van der Waals surface area (Å²) in [5.74, 6) is 0.655. The first-order valence-corrected chi connectivity index (χ1v) is 11.5. The first-order chi connectivity index (χ1) is 16.5. The summed E-state index contributed by atoms with van der Waals surface area (Å²) in [6.45, 7) is 4.12. The molecule has 8 nitrogen and oxygen atoms in total. The Kier molecular flexibility index (Phi) is 4.97. The third-order valence-electron chi connectivity index (χ3n) is 6.80. The van der Waals surface area contributed by atoms with Crippen LogP contribution in [0.15, 0.2) is 55.0 Å². The van der Waals surface area contributed by atoms with Crippen LogP contribution >= 0.6 is 0 Å². The molecule has 9 heteroatoms. The highest BCUT2D eigenvalue weighted by Gasteiger charge is 2.39. The number of aryl methyl sites for hydroxylation is 1. The maximum absolute atomic E-state index is 13.8. The molecule has 0 unspecified atom stereocenters. The number of rotatable bonds is 3. The normalized spacial score (nSPS) is 20.1. The zero-order valence-electron chi connectivity index (χ0n) is 18.8. The highest BCUT2D eigenvalue weighted by molar-refractivity contribution is 5.98. The number of amides is 1. The van der Waals surface area contributed by atoms with Crippen LogP contribution in [-0.4, -0.2) is 61.4 Å². The van der Waals surface area contributed by atoms with Crippen LogP contribution in [0.4, 0.5) is 10.3 Å². The molecule has 3 aliphatic heterocycles. The first kappa shape index (κ1) is 20.7. The van der Waals surface area contributed by atoms with E-state index < -0.39 is 0 Å². The number of nitrogens with zero attached hydrogens (tertiary/aromatic N) is 7. The molecule has 3 saturated heterocycles. The number of benzene rings is 2. The summed E-state index contributed by atoms with van der Waals surface area (Å²) < 4.78 is 13.5. The zero-order chi connectivity index (χ0) is 23.2. The summed E-state index contributed by atoms with van der Waals surface area (Å²) in [6.07, 6.45) is 6.89. The van der Waals surface area contributed by atoms with Crippen LogP contribution in [0.1, 0.15) is 28.8 Å². The fraction of sp³-hybridized carbons (Fsp3) is 0.320. The predicted octanol–water partition coefficient (Wildman–Crippen LogP) is 3.40. The van der Waals surface area contributed by atoms with E-state index in [0.29, 0.717) is 47.1 Å². The average Bonchev–Trinajstić information content (AvgIpc) is 3.22. The highest BCUT2D eigenvalue weighted by Crippen LogP contribution is 2.32. The number of piperidine rings is 1. The molecule has 3 aliphatic rings. The van der Waals surface area contributed by atoms with Crippen molar-refractivity contribution in [3.63, 3.8) is 0 Å². The van der Waals surface area contributed by atoms with Gasteiger partial charge in [-0.3, -0.25) is 4.79 Å². The molecule has 4 aromatic rings. The molecule has 1 amide bonds. The molecule has 34 heavy (non-hydrogen) atoms. The molecule has 172 valence electrons. The quantitative estimate of drug-likeness (QED) is 0.469. The van der Waals surface area contributed by atoms with Gasteiger partial charge in [0.05, 0.1) is 29.2 Å². The molecule has 2 atom stereocenters. The number of aromatic nitrogens is 5. The minimum absolute atomic E-state index is 0.00227. The lowest BCUT2D eigenvalue weighted by atomic mass is 9.94. The lowest BCUT2D eigenvalue weighted by molar-refractivity contribution is 0.0591. The Morgan fingerprint density at radius 1 is 1.03 bits per heavy atom. The summed E-state index contributed by atoms with van der Waals surface area (Å²) in [7, 11) is 0. The number of hydrogen-bond donors (Lipinski definition) is 0. The fourth-order valence-electron chi connectivity index (χ4n) is 5.13. The van der Waals surface area contributed by atoms with E-state index in [9.17, 15) is 9.18 Å².